The average molecular weight is 396 g/mol. The van der Waals surface area contributed by atoms with Gasteiger partial charge in [0.2, 0.25) is 0 Å². The number of hydrogen-bond donors (Lipinski definition) is 1. The summed E-state index contributed by atoms with van der Waals surface area (Å²) in [7, 11) is 1.56. The molecule has 1 atom stereocenters. The second-order valence-electron chi connectivity index (χ2n) is 7.51. The number of piperazine rings is 1. The molecule has 0 saturated carbocycles. The molecule has 1 fully saturated rings. The van der Waals surface area contributed by atoms with Crippen molar-refractivity contribution in [3.8, 4) is 5.75 Å². The second kappa shape index (κ2) is 8.99. The third-order valence-electron chi connectivity index (χ3n) is 5.42. The number of carbonyl (C=O) groups is 2. The van der Waals surface area contributed by atoms with Gasteiger partial charge in [-0.15, -0.1) is 0 Å². The molecule has 0 bridgehead atoms. The highest BCUT2D eigenvalue weighted by atomic mass is 16.5. The highest BCUT2D eigenvalue weighted by molar-refractivity contribution is 5.97. The number of para-hydroxylation sites is 1. The number of amides is 3. The molecule has 1 saturated heterocycles. The van der Waals surface area contributed by atoms with Crippen LogP contribution in [0.1, 0.15) is 40.0 Å². The van der Waals surface area contributed by atoms with Crippen molar-refractivity contribution in [2.24, 2.45) is 0 Å². The fourth-order valence-electron chi connectivity index (χ4n) is 3.77. The SMILES string of the molecule is COc1ccccc1C(=O)N1CCN(C(=O)N[C@H](C)c2ccc(C)cc2C)CC1. The van der Waals surface area contributed by atoms with Gasteiger partial charge < -0.3 is 19.9 Å². The molecule has 0 unspecified atom stereocenters. The van der Waals surface area contributed by atoms with Crippen molar-refractivity contribution in [1.29, 1.82) is 0 Å². The van der Waals surface area contributed by atoms with E-state index in [0.29, 0.717) is 37.5 Å². The van der Waals surface area contributed by atoms with E-state index in [0.717, 1.165) is 5.56 Å². The molecule has 6 heteroatoms. The van der Waals surface area contributed by atoms with Gasteiger partial charge in [-0.2, -0.15) is 0 Å². The first-order valence-electron chi connectivity index (χ1n) is 9.95. The highest BCUT2D eigenvalue weighted by Gasteiger charge is 2.27. The predicted molar refractivity (Wildman–Crippen MR) is 113 cm³/mol. The van der Waals surface area contributed by atoms with Crippen LogP contribution in [0, 0.1) is 13.8 Å². The van der Waals surface area contributed by atoms with Gasteiger partial charge in [-0.1, -0.05) is 35.9 Å². The summed E-state index contributed by atoms with van der Waals surface area (Å²) in [5, 5.41) is 3.08. The summed E-state index contributed by atoms with van der Waals surface area (Å²) < 4.78 is 5.30. The lowest BCUT2D eigenvalue weighted by Gasteiger charge is -2.35. The zero-order valence-corrected chi connectivity index (χ0v) is 17.6. The van der Waals surface area contributed by atoms with Crippen molar-refractivity contribution >= 4 is 11.9 Å². The van der Waals surface area contributed by atoms with Crippen molar-refractivity contribution < 1.29 is 14.3 Å². The Labute approximate surface area is 172 Å². The Kier molecular flexibility index (Phi) is 6.42. The molecule has 0 aromatic heterocycles. The average Bonchev–Trinajstić information content (AvgIpc) is 2.73. The van der Waals surface area contributed by atoms with Crippen molar-refractivity contribution in [3.63, 3.8) is 0 Å². The second-order valence-corrected chi connectivity index (χ2v) is 7.51. The molecule has 0 aliphatic carbocycles. The number of nitrogens with one attached hydrogen (secondary N) is 1. The van der Waals surface area contributed by atoms with Gasteiger partial charge in [0.15, 0.2) is 0 Å². The predicted octanol–water partition coefficient (Wildman–Crippen LogP) is 3.54. The van der Waals surface area contributed by atoms with E-state index in [1.54, 1.807) is 29.0 Å². The number of carbonyl (C=O) groups excluding carboxylic acids is 2. The topological polar surface area (TPSA) is 61.9 Å². The number of ether oxygens (including phenoxy) is 1. The van der Waals surface area contributed by atoms with Gasteiger partial charge in [0.05, 0.1) is 18.7 Å². The molecule has 1 aliphatic rings. The minimum absolute atomic E-state index is 0.0637. The van der Waals surface area contributed by atoms with E-state index in [4.69, 9.17) is 4.74 Å². The van der Waals surface area contributed by atoms with Gasteiger partial charge >= 0.3 is 6.03 Å². The van der Waals surface area contributed by atoms with Crippen molar-refractivity contribution in [2.75, 3.05) is 33.3 Å². The Bertz CT molecular complexity index is 889. The summed E-state index contributed by atoms with van der Waals surface area (Å²) in [5.74, 6) is 0.506. The van der Waals surface area contributed by atoms with Crippen LogP contribution < -0.4 is 10.1 Å². The lowest BCUT2D eigenvalue weighted by Crippen LogP contribution is -2.53. The fraction of sp³-hybridized carbons (Fsp3) is 0.391. The summed E-state index contributed by atoms with van der Waals surface area (Å²) in [5.41, 5.74) is 4.05. The summed E-state index contributed by atoms with van der Waals surface area (Å²) >= 11 is 0. The maximum Gasteiger partial charge on any atom is 0.317 e. The molecule has 0 radical (unpaired) electrons. The maximum absolute atomic E-state index is 12.8. The number of rotatable bonds is 4. The third kappa shape index (κ3) is 4.70. The number of aryl methyl sites for hydroxylation is 2. The maximum atomic E-state index is 12.8. The van der Waals surface area contributed by atoms with E-state index >= 15 is 0 Å². The van der Waals surface area contributed by atoms with E-state index in [2.05, 4.69) is 37.4 Å². The summed E-state index contributed by atoms with van der Waals surface area (Å²) in [4.78, 5) is 29.1. The smallest absolute Gasteiger partial charge is 0.317 e. The van der Waals surface area contributed by atoms with Gasteiger partial charge in [0, 0.05) is 26.2 Å². The van der Waals surface area contributed by atoms with Crippen LogP contribution in [0.2, 0.25) is 0 Å². The van der Waals surface area contributed by atoms with Crippen molar-refractivity contribution in [1.82, 2.24) is 15.1 Å². The van der Waals surface area contributed by atoms with Gasteiger partial charge in [-0.3, -0.25) is 4.79 Å². The third-order valence-corrected chi connectivity index (χ3v) is 5.42. The number of benzene rings is 2. The van der Waals surface area contributed by atoms with E-state index in [-0.39, 0.29) is 18.0 Å². The largest absolute Gasteiger partial charge is 0.496 e. The monoisotopic (exact) mass is 395 g/mol. The molecular formula is C23H29N3O3. The first-order chi connectivity index (χ1) is 13.9. The molecule has 6 nitrogen and oxygen atoms in total. The van der Waals surface area contributed by atoms with Crippen LogP contribution in [-0.2, 0) is 0 Å². The molecule has 3 rings (SSSR count). The van der Waals surface area contributed by atoms with Crippen molar-refractivity contribution in [2.45, 2.75) is 26.8 Å². The molecule has 3 amide bonds. The number of methoxy groups -OCH3 is 1. The molecule has 0 spiro atoms. The van der Waals surface area contributed by atoms with E-state index in [1.807, 2.05) is 19.1 Å². The van der Waals surface area contributed by atoms with Crippen LogP contribution in [0.4, 0.5) is 4.79 Å². The van der Waals surface area contributed by atoms with Gasteiger partial charge in [-0.05, 0) is 44.0 Å². The van der Waals surface area contributed by atoms with Crippen LogP contribution in [0.5, 0.6) is 5.75 Å². The number of hydrogen-bond acceptors (Lipinski definition) is 3. The van der Waals surface area contributed by atoms with Crippen LogP contribution in [0.15, 0.2) is 42.5 Å². The minimum atomic E-state index is -0.0955. The molecule has 2 aromatic rings. The van der Waals surface area contributed by atoms with Gasteiger partial charge in [0.25, 0.3) is 5.91 Å². The fourth-order valence-corrected chi connectivity index (χ4v) is 3.77. The minimum Gasteiger partial charge on any atom is -0.496 e. The van der Waals surface area contributed by atoms with Crippen LogP contribution in [0.3, 0.4) is 0 Å². The standard InChI is InChI=1S/C23H29N3O3/c1-16-9-10-19(17(2)15-16)18(3)24-23(28)26-13-11-25(12-14-26)22(27)20-7-5-6-8-21(20)29-4/h5-10,15,18H,11-14H2,1-4H3,(H,24,28)/t18-/m1/s1. The Morgan fingerprint density at radius 1 is 1.00 bits per heavy atom. The van der Waals surface area contributed by atoms with E-state index in [1.165, 1.54) is 11.1 Å². The summed E-state index contributed by atoms with van der Waals surface area (Å²) in [6.07, 6.45) is 0. The Morgan fingerprint density at radius 3 is 2.31 bits per heavy atom. The first-order valence-corrected chi connectivity index (χ1v) is 9.95. The van der Waals surface area contributed by atoms with Crippen LogP contribution >= 0.6 is 0 Å². The molecule has 154 valence electrons. The van der Waals surface area contributed by atoms with Crippen LogP contribution in [-0.4, -0.2) is 55.0 Å². The summed E-state index contributed by atoms with van der Waals surface area (Å²) in [6, 6.07) is 13.3. The number of urea groups is 1. The molecule has 1 heterocycles. The van der Waals surface area contributed by atoms with Crippen molar-refractivity contribution in [3.05, 3.63) is 64.7 Å². The van der Waals surface area contributed by atoms with Gasteiger partial charge in [-0.25, -0.2) is 4.79 Å². The van der Waals surface area contributed by atoms with Crippen LogP contribution in [0.25, 0.3) is 0 Å². The zero-order chi connectivity index (χ0) is 21.0. The van der Waals surface area contributed by atoms with Gasteiger partial charge in [0.1, 0.15) is 5.75 Å². The molecule has 1 aliphatic heterocycles. The Balaban J connectivity index is 1.57. The quantitative estimate of drug-likeness (QED) is 0.861. The molecule has 2 aromatic carbocycles. The lowest BCUT2D eigenvalue weighted by atomic mass is 10.0. The molecule has 29 heavy (non-hydrogen) atoms. The number of nitrogens with zero attached hydrogens (tertiary/aromatic N) is 2. The normalized spacial score (nSPS) is 15.0. The Morgan fingerprint density at radius 2 is 1.66 bits per heavy atom. The molecular weight excluding hydrogens is 366 g/mol. The summed E-state index contributed by atoms with van der Waals surface area (Å²) in [6.45, 7) is 8.14. The highest BCUT2D eigenvalue weighted by Crippen LogP contribution is 2.21. The van der Waals surface area contributed by atoms with E-state index < -0.39 is 0 Å². The lowest BCUT2D eigenvalue weighted by molar-refractivity contribution is 0.0660. The zero-order valence-electron chi connectivity index (χ0n) is 17.6. The Hall–Kier alpha value is -3.02. The first kappa shape index (κ1) is 20.7. The van der Waals surface area contributed by atoms with E-state index in [9.17, 15) is 9.59 Å². The molecule has 1 N–H and O–H groups in total.